The SMILES string of the molecule is Cc1ccc(C(=O)N2CCN3C(=O)[C@H]([C@@H](C)O)NC(=O)[C@H]3C2)cc1. The van der Waals surface area contributed by atoms with E-state index in [9.17, 15) is 19.5 Å². The van der Waals surface area contributed by atoms with Gasteiger partial charge in [-0.05, 0) is 26.0 Å². The predicted octanol–water partition coefficient (Wildman–Crippen LogP) is -0.473. The Kier molecular flexibility index (Phi) is 4.28. The van der Waals surface area contributed by atoms with Gasteiger partial charge in [0.25, 0.3) is 5.91 Å². The molecule has 2 aliphatic rings. The molecule has 0 bridgehead atoms. The summed E-state index contributed by atoms with van der Waals surface area (Å²) < 4.78 is 0. The number of rotatable bonds is 2. The maximum absolute atomic E-state index is 12.6. The van der Waals surface area contributed by atoms with E-state index in [2.05, 4.69) is 5.32 Å². The van der Waals surface area contributed by atoms with Gasteiger partial charge < -0.3 is 20.2 Å². The van der Waals surface area contributed by atoms with E-state index in [4.69, 9.17) is 0 Å². The normalized spacial score (nSPS) is 25.1. The molecule has 7 nitrogen and oxygen atoms in total. The maximum atomic E-state index is 12.6. The molecule has 0 aliphatic carbocycles. The second-order valence-corrected chi connectivity index (χ2v) is 6.39. The molecule has 0 spiro atoms. The second-order valence-electron chi connectivity index (χ2n) is 6.39. The third kappa shape index (κ3) is 2.87. The molecule has 1 aromatic carbocycles. The molecule has 3 amide bonds. The molecule has 3 atom stereocenters. The fourth-order valence-electron chi connectivity index (χ4n) is 3.15. The van der Waals surface area contributed by atoms with Gasteiger partial charge in [0, 0.05) is 18.7 Å². The molecule has 0 radical (unpaired) electrons. The van der Waals surface area contributed by atoms with Crippen molar-refractivity contribution in [3.05, 3.63) is 35.4 Å². The van der Waals surface area contributed by atoms with Gasteiger partial charge in [0.15, 0.2) is 0 Å². The summed E-state index contributed by atoms with van der Waals surface area (Å²) in [5.74, 6) is -0.772. The molecule has 1 aromatic rings. The van der Waals surface area contributed by atoms with Gasteiger partial charge in [-0.15, -0.1) is 0 Å². The number of carbonyl (C=O) groups is 3. The third-order valence-electron chi connectivity index (χ3n) is 4.60. The van der Waals surface area contributed by atoms with Crippen molar-refractivity contribution in [2.24, 2.45) is 0 Å². The van der Waals surface area contributed by atoms with Crippen molar-refractivity contribution < 1.29 is 19.5 Å². The van der Waals surface area contributed by atoms with Crippen LogP contribution in [0.2, 0.25) is 0 Å². The Morgan fingerprint density at radius 3 is 2.54 bits per heavy atom. The first-order valence-electron chi connectivity index (χ1n) is 8.03. The van der Waals surface area contributed by atoms with Crippen LogP contribution >= 0.6 is 0 Å². The average molecular weight is 331 g/mol. The maximum Gasteiger partial charge on any atom is 0.253 e. The summed E-state index contributed by atoms with van der Waals surface area (Å²) in [6.07, 6.45) is -0.949. The molecule has 0 saturated carbocycles. The summed E-state index contributed by atoms with van der Waals surface area (Å²) in [7, 11) is 0. The lowest BCUT2D eigenvalue weighted by atomic mass is 10.0. The number of carbonyl (C=O) groups excluding carboxylic acids is 3. The smallest absolute Gasteiger partial charge is 0.253 e. The molecule has 3 rings (SSSR count). The molecule has 7 heteroatoms. The number of hydrogen-bond donors (Lipinski definition) is 2. The van der Waals surface area contributed by atoms with Crippen LogP contribution in [0.3, 0.4) is 0 Å². The zero-order valence-electron chi connectivity index (χ0n) is 13.7. The summed E-state index contributed by atoms with van der Waals surface area (Å²) in [5, 5.41) is 12.2. The number of aliphatic hydroxyl groups excluding tert-OH is 1. The highest BCUT2D eigenvalue weighted by molar-refractivity contribution is 5.99. The van der Waals surface area contributed by atoms with Gasteiger partial charge in [-0.25, -0.2) is 0 Å². The number of piperazine rings is 2. The van der Waals surface area contributed by atoms with E-state index in [0.29, 0.717) is 12.1 Å². The molecule has 2 saturated heterocycles. The van der Waals surface area contributed by atoms with Crippen LogP contribution in [0.5, 0.6) is 0 Å². The topological polar surface area (TPSA) is 90.0 Å². The summed E-state index contributed by atoms with van der Waals surface area (Å²) in [5.41, 5.74) is 1.64. The lowest BCUT2D eigenvalue weighted by Gasteiger charge is -2.45. The van der Waals surface area contributed by atoms with Gasteiger partial charge in [0.2, 0.25) is 11.8 Å². The summed E-state index contributed by atoms with van der Waals surface area (Å²) in [6, 6.07) is 5.66. The summed E-state index contributed by atoms with van der Waals surface area (Å²) in [6.45, 7) is 4.24. The van der Waals surface area contributed by atoms with Crippen LogP contribution < -0.4 is 5.32 Å². The van der Waals surface area contributed by atoms with Gasteiger partial charge in [-0.3, -0.25) is 14.4 Å². The zero-order valence-corrected chi connectivity index (χ0v) is 13.7. The number of aryl methyl sites for hydroxylation is 1. The summed E-state index contributed by atoms with van der Waals surface area (Å²) in [4.78, 5) is 40.3. The Hall–Kier alpha value is -2.41. The Labute approximate surface area is 140 Å². The molecule has 0 unspecified atom stereocenters. The van der Waals surface area contributed by atoms with Crippen LogP contribution in [0.1, 0.15) is 22.8 Å². The van der Waals surface area contributed by atoms with Gasteiger partial charge >= 0.3 is 0 Å². The lowest BCUT2D eigenvalue weighted by molar-refractivity contribution is -0.155. The fraction of sp³-hybridized carbons (Fsp3) is 0.471. The number of aliphatic hydroxyl groups is 1. The van der Waals surface area contributed by atoms with E-state index >= 15 is 0 Å². The van der Waals surface area contributed by atoms with Crippen LogP contribution in [0.25, 0.3) is 0 Å². The van der Waals surface area contributed by atoms with E-state index in [0.717, 1.165) is 5.56 Å². The van der Waals surface area contributed by atoms with Gasteiger partial charge in [0.1, 0.15) is 12.1 Å². The number of nitrogens with one attached hydrogen (secondary N) is 1. The van der Waals surface area contributed by atoms with E-state index < -0.39 is 18.2 Å². The number of fused-ring (bicyclic) bond motifs is 1. The van der Waals surface area contributed by atoms with Crippen LogP contribution in [-0.2, 0) is 9.59 Å². The fourth-order valence-corrected chi connectivity index (χ4v) is 3.15. The van der Waals surface area contributed by atoms with Crippen LogP contribution in [0.15, 0.2) is 24.3 Å². The van der Waals surface area contributed by atoms with Crippen molar-refractivity contribution in [1.82, 2.24) is 15.1 Å². The monoisotopic (exact) mass is 331 g/mol. The number of hydrogen-bond acceptors (Lipinski definition) is 4. The van der Waals surface area contributed by atoms with Crippen LogP contribution in [-0.4, -0.2) is 70.4 Å². The molecule has 0 aromatic heterocycles. The second kappa shape index (κ2) is 6.24. The average Bonchev–Trinajstić information content (AvgIpc) is 2.57. The third-order valence-corrected chi connectivity index (χ3v) is 4.60. The number of nitrogens with zero attached hydrogens (tertiary/aromatic N) is 2. The lowest BCUT2D eigenvalue weighted by Crippen LogP contribution is -2.71. The first-order chi connectivity index (χ1) is 11.4. The first-order valence-corrected chi connectivity index (χ1v) is 8.03. The van der Waals surface area contributed by atoms with Gasteiger partial charge in [-0.2, -0.15) is 0 Å². The number of amides is 3. The van der Waals surface area contributed by atoms with Gasteiger partial charge in [0.05, 0.1) is 12.6 Å². The quantitative estimate of drug-likeness (QED) is 0.766. The molecular formula is C17H21N3O4. The minimum absolute atomic E-state index is 0.146. The van der Waals surface area contributed by atoms with Crippen molar-refractivity contribution in [1.29, 1.82) is 0 Å². The van der Waals surface area contributed by atoms with Crippen molar-refractivity contribution in [3.8, 4) is 0 Å². The largest absolute Gasteiger partial charge is 0.391 e. The first kappa shape index (κ1) is 16.4. The minimum Gasteiger partial charge on any atom is -0.391 e. The Balaban J connectivity index is 1.75. The Morgan fingerprint density at radius 2 is 1.92 bits per heavy atom. The van der Waals surface area contributed by atoms with Crippen molar-refractivity contribution >= 4 is 17.7 Å². The number of benzene rings is 1. The van der Waals surface area contributed by atoms with Gasteiger partial charge in [-0.1, -0.05) is 17.7 Å². The van der Waals surface area contributed by atoms with Crippen LogP contribution in [0.4, 0.5) is 0 Å². The van der Waals surface area contributed by atoms with E-state index in [1.54, 1.807) is 17.0 Å². The highest BCUT2D eigenvalue weighted by Crippen LogP contribution is 2.19. The van der Waals surface area contributed by atoms with Crippen molar-refractivity contribution in [2.75, 3.05) is 19.6 Å². The van der Waals surface area contributed by atoms with Crippen molar-refractivity contribution in [2.45, 2.75) is 32.0 Å². The van der Waals surface area contributed by atoms with E-state index in [1.807, 2.05) is 19.1 Å². The molecule has 24 heavy (non-hydrogen) atoms. The standard InChI is InChI=1S/C17H21N3O4/c1-10-3-5-12(6-4-10)16(23)19-7-8-20-13(9-19)15(22)18-14(11(2)21)17(20)24/h3-6,11,13-14,21H,7-9H2,1-2H3,(H,18,22)/t11-,13-,14+/m1/s1. The molecular weight excluding hydrogens is 310 g/mol. The highest BCUT2D eigenvalue weighted by atomic mass is 16.3. The summed E-state index contributed by atoms with van der Waals surface area (Å²) >= 11 is 0. The molecule has 128 valence electrons. The van der Waals surface area contributed by atoms with E-state index in [-0.39, 0.29) is 30.8 Å². The highest BCUT2D eigenvalue weighted by Gasteiger charge is 2.45. The zero-order chi connectivity index (χ0) is 17.4. The Bertz CT molecular complexity index is 671. The molecule has 2 N–H and O–H groups in total. The molecule has 2 heterocycles. The molecule has 2 fully saturated rings. The van der Waals surface area contributed by atoms with Crippen molar-refractivity contribution in [3.63, 3.8) is 0 Å². The van der Waals surface area contributed by atoms with E-state index in [1.165, 1.54) is 11.8 Å². The van der Waals surface area contributed by atoms with Crippen LogP contribution in [0, 0.1) is 6.92 Å². The minimum atomic E-state index is -0.949. The Morgan fingerprint density at radius 1 is 1.25 bits per heavy atom. The predicted molar refractivity (Wildman–Crippen MR) is 86.2 cm³/mol. The molecule has 2 aliphatic heterocycles.